The summed E-state index contributed by atoms with van der Waals surface area (Å²) in [6.45, 7) is 53.5. The minimum Gasteiger partial charge on any atom is -0.457 e. The van der Waals surface area contributed by atoms with Crippen molar-refractivity contribution in [3.05, 3.63) is 251 Å². The Bertz CT molecular complexity index is 5440. The SMILES string of the molecule is CC.CC.CC(C)(C)CC(C)(C)c1ccc(Oc2cc3c4c(cc(Oc5ccc(C(C)(C)CC(C)(C)C)cc5)c5c6ccc7c8c(Oc9ccc(C(C)(C)CC(C)(C)C)cc9)cc9c%10c(cc(Oc%11ccc(C(C)(C)CC(C)(C)C)cc%11)c(c%11ccc(c2c45)c6c%117)c%108)C(=O)N(c2ccccc2)C9=O)C(=O)N(c2ccccc2)C3=O)cc1. The van der Waals surface area contributed by atoms with Gasteiger partial charge in [0.05, 0.1) is 33.6 Å². The molecule has 0 aromatic heterocycles. The second-order valence-electron chi connectivity index (χ2n) is 39.3. The van der Waals surface area contributed by atoms with Gasteiger partial charge in [-0.3, -0.25) is 19.2 Å². The predicted molar refractivity (Wildman–Crippen MR) is 484 cm³/mol. The highest BCUT2D eigenvalue weighted by atomic mass is 16.5. The number of para-hydroxylation sites is 2. The van der Waals surface area contributed by atoms with Crippen LogP contribution in [0.25, 0.3) is 75.4 Å². The molecule has 0 aliphatic carbocycles. The lowest BCUT2D eigenvalue weighted by molar-refractivity contribution is 0.0877. The number of carbonyl (C=O) groups is 4. The smallest absolute Gasteiger partial charge is 0.266 e. The summed E-state index contributed by atoms with van der Waals surface area (Å²) in [6.07, 6.45) is 3.77. The number of hydrogen-bond acceptors (Lipinski definition) is 8. The van der Waals surface area contributed by atoms with Crippen LogP contribution in [0.1, 0.15) is 256 Å². The van der Waals surface area contributed by atoms with Gasteiger partial charge < -0.3 is 18.9 Å². The van der Waals surface area contributed by atoms with Gasteiger partial charge in [0, 0.05) is 43.1 Å². The van der Waals surface area contributed by atoms with Gasteiger partial charge in [0.15, 0.2) is 0 Å². The lowest BCUT2D eigenvalue weighted by Gasteiger charge is -2.33. The first-order chi connectivity index (χ1) is 54.6. The maximum Gasteiger partial charge on any atom is 0.266 e. The van der Waals surface area contributed by atoms with Crippen LogP contribution in [0.3, 0.4) is 0 Å². The molecule has 116 heavy (non-hydrogen) atoms. The number of carbonyl (C=O) groups excluding carboxylic acids is 4. The van der Waals surface area contributed by atoms with E-state index in [1.807, 2.05) is 137 Å². The molecule has 14 aromatic rings. The molecule has 0 saturated heterocycles. The molecule has 16 rings (SSSR count). The van der Waals surface area contributed by atoms with Gasteiger partial charge in [0.1, 0.15) is 46.0 Å². The number of hydrogen-bond donors (Lipinski definition) is 0. The molecule has 0 saturated carbocycles. The largest absolute Gasteiger partial charge is 0.457 e. The number of imide groups is 2. The Balaban J connectivity index is 0.00000273. The van der Waals surface area contributed by atoms with Crippen LogP contribution in [0.15, 0.2) is 206 Å². The highest BCUT2D eigenvalue weighted by Crippen LogP contribution is 2.59. The van der Waals surface area contributed by atoms with Gasteiger partial charge >= 0.3 is 0 Å². The van der Waals surface area contributed by atoms with Gasteiger partial charge in [0.25, 0.3) is 23.6 Å². The molecule has 0 spiro atoms. The van der Waals surface area contributed by atoms with Crippen molar-refractivity contribution in [2.75, 3.05) is 9.80 Å². The molecule has 0 fully saturated rings. The Kier molecular flexibility index (Phi) is 20.8. The third-order valence-corrected chi connectivity index (χ3v) is 23.0. The quantitative estimate of drug-likeness (QED) is 0.0474. The van der Waals surface area contributed by atoms with E-state index in [2.05, 4.69) is 211 Å². The molecular formula is C106H114N2O8. The van der Waals surface area contributed by atoms with Crippen LogP contribution >= 0.6 is 0 Å². The number of nitrogens with zero attached hydrogens (tertiary/aromatic N) is 2. The van der Waals surface area contributed by atoms with E-state index in [0.29, 0.717) is 123 Å². The normalized spacial score (nSPS) is 13.9. The second-order valence-corrected chi connectivity index (χ2v) is 39.3. The van der Waals surface area contributed by atoms with Crippen LogP contribution in [-0.4, -0.2) is 23.6 Å². The molecular weight excluding hydrogens is 1430 g/mol. The molecule has 2 aliphatic heterocycles. The predicted octanol–water partition coefficient (Wildman–Crippen LogP) is 30.3. The molecule has 14 aromatic carbocycles. The summed E-state index contributed by atoms with van der Waals surface area (Å²) in [6, 6.07) is 67.2. The molecule has 10 nitrogen and oxygen atoms in total. The molecule has 0 atom stereocenters. The van der Waals surface area contributed by atoms with E-state index in [4.69, 9.17) is 18.9 Å². The van der Waals surface area contributed by atoms with E-state index in [1.54, 1.807) is 24.3 Å². The van der Waals surface area contributed by atoms with Crippen molar-refractivity contribution in [3.63, 3.8) is 0 Å². The standard InChI is InChI=1S/C102H102N2O8.2C2H6/c1-95(2,3)55-99(13,14)59-31-39-65(40-32-59)109-77-51-73-83-74(92(106)103(91(73)105)63-27-23-21-24-28-63)52-78(110-66-41-33-60(34-42-66)100(15,16)56-96(4,5)6)86-70-49-50-72-82-71(48-47-69(81(70)82)85(77)89(83)86)87-79(111-67-43-35-61(36-44-67)101(17,18)57-97(7,8)9)53-75-84-76(94(108)104(93(75)107)64-29-25-22-26-30-64)54-80(88(72)90(84)87)112-68-45-37-62(38-46-68)102(19,20)58-98(10,11)12;2*1-2/h21-54H,55-58H2,1-20H3;2*1-2H3. The molecule has 4 amide bonds. The van der Waals surface area contributed by atoms with Crippen LogP contribution in [-0.2, 0) is 21.7 Å². The lowest BCUT2D eigenvalue weighted by atomic mass is 9.72. The van der Waals surface area contributed by atoms with Gasteiger partial charge in [-0.25, -0.2) is 9.80 Å². The summed E-state index contributed by atoms with van der Waals surface area (Å²) in [5.74, 6) is 1.84. The van der Waals surface area contributed by atoms with Crippen molar-refractivity contribution < 1.29 is 38.1 Å². The Morgan fingerprint density at radius 3 is 0.621 bits per heavy atom. The number of amides is 4. The summed E-state index contributed by atoms with van der Waals surface area (Å²) in [7, 11) is 0. The zero-order valence-electron chi connectivity index (χ0n) is 72.6. The maximum atomic E-state index is 15.9. The fraction of sp³-hybridized carbons (Fsp3) is 0.340. The van der Waals surface area contributed by atoms with Crippen LogP contribution in [0.4, 0.5) is 11.4 Å². The van der Waals surface area contributed by atoms with Crippen molar-refractivity contribution in [3.8, 4) is 46.0 Å². The van der Waals surface area contributed by atoms with Crippen LogP contribution < -0.4 is 28.7 Å². The minimum absolute atomic E-state index is 0.0598. The van der Waals surface area contributed by atoms with E-state index in [1.165, 1.54) is 9.80 Å². The first-order valence-electron chi connectivity index (χ1n) is 41.6. The third kappa shape index (κ3) is 15.0. The van der Waals surface area contributed by atoms with Gasteiger partial charge in [0.2, 0.25) is 0 Å². The van der Waals surface area contributed by atoms with Crippen molar-refractivity contribution in [2.24, 2.45) is 21.7 Å². The Hall–Kier alpha value is -11.1. The van der Waals surface area contributed by atoms with E-state index in [0.717, 1.165) is 80.3 Å². The van der Waals surface area contributed by atoms with E-state index < -0.39 is 23.6 Å². The maximum absolute atomic E-state index is 15.9. The molecule has 10 heteroatoms. The highest BCUT2D eigenvalue weighted by Gasteiger charge is 2.42. The number of rotatable bonds is 18. The van der Waals surface area contributed by atoms with Crippen LogP contribution in [0.5, 0.6) is 46.0 Å². The monoisotopic (exact) mass is 1540 g/mol. The average molecular weight is 1540 g/mol. The van der Waals surface area contributed by atoms with Crippen molar-refractivity contribution in [2.45, 2.75) is 214 Å². The average Bonchev–Trinajstić information content (AvgIpc) is 0.683. The number of fused-ring (bicyclic) bond motifs is 4. The molecule has 2 heterocycles. The van der Waals surface area contributed by atoms with E-state index >= 15 is 19.2 Å². The Morgan fingerprint density at radius 2 is 0.431 bits per heavy atom. The number of benzene rings is 14. The van der Waals surface area contributed by atoms with Crippen molar-refractivity contribution >= 4 is 110 Å². The summed E-state index contributed by atoms with van der Waals surface area (Å²) in [5.41, 5.74) is 6.23. The first-order valence-corrected chi connectivity index (χ1v) is 41.6. The van der Waals surface area contributed by atoms with Gasteiger partial charge in [-0.1, -0.05) is 275 Å². The minimum atomic E-state index is -0.490. The Labute approximate surface area is 686 Å². The summed E-state index contributed by atoms with van der Waals surface area (Å²) >= 11 is 0. The Morgan fingerprint density at radius 1 is 0.233 bits per heavy atom. The molecule has 0 radical (unpaired) electrons. The van der Waals surface area contributed by atoms with E-state index in [-0.39, 0.29) is 43.3 Å². The van der Waals surface area contributed by atoms with Gasteiger partial charge in [-0.05, 0) is 221 Å². The second kappa shape index (κ2) is 29.6. The molecule has 0 unspecified atom stereocenters. The van der Waals surface area contributed by atoms with Crippen LogP contribution in [0.2, 0.25) is 0 Å². The molecule has 596 valence electrons. The fourth-order valence-corrected chi connectivity index (χ4v) is 20.0. The van der Waals surface area contributed by atoms with Crippen molar-refractivity contribution in [1.29, 1.82) is 0 Å². The topological polar surface area (TPSA) is 112 Å². The van der Waals surface area contributed by atoms with Gasteiger partial charge in [-0.15, -0.1) is 0 Å². The zero-order valence-corrected chi connectivity index (χ0v) is 72.6. The lowest BCUT2D eigenvalue weighted by Crippen LogP contribution is -2.40. The molecule has 0 bridgehead atoms. The van der Waals surface area contributed by atoms with Crippen LogP contribution in [0, 0.1) is 21.7 Å². The zero-order chi connectivity index (χ0) is 83.6. The first kappa shape index (κ1) is 81.5. The summed E-state index contributed by atoms with van der Waals surface area (Å²) < 4.78 is 29.8. The highest BCUT2D eigenvalue weighted by molar-refractivity contribution is 6.49. The fourth-order valence-electron chi connectivity index (χ4n) is 20.0. The summed E-state index contributed by atoms with van der Waals surface area (Å²) in [5, 5.41) is 9.61. The number of anilines is 2. The van der Waals surface area contributed by atoms with Crippen molar-refractivity contribution in [1.82, 2.24) is 0 Å². The van der Waals surface area contributed by atoms with E-state index in [9.17, 15) is 0 Å². The number of ether oxygens (including phenoxy) is 4. The molecule has 2 aliphatic rings. The third-order valence-electron chi connectivity index (χ3n) is 23.0. The molecule has 0 N–H and O–H groups in total. The van der Waals surface area contributed by atoms with Gasteiger partial charge in [-0.2, -0.15) is 0 Å². The summed E-state index contributed by atoms with van der Waals surface area (Å²) in [4.78, 5) is 66.0.